The highest BCUT2D eigenvalue weighted by molar-refractivity contribution is 7.89. The van der Waals surface area contributed by atoms with E-state index in [-0.39, 0.29) is 17.7 Å². The molecule has 100 valence electrons. The van der Waals surface area contributed by atoms with Crippen molar-refractivity contribution in [1.29, 1.82) is 0 Å². The Bertz CT molecular complexity index is 322. The molecule has 4 nitrogen and oxygen atoms in total. The summed E-state index contributed by atoms with van der Waals surface area (Å²) in [6, 6.07) is 0.116. The molecule has 0 radical (unpaired) electrons. The number of rotatable bonds is 5. The third kappa shape index (κ3) is 3.93. The highest BCUT2D eigenvalue weighted by atomic mass is 32.2. The summed E-state index contributed by atoms with van der Waals surface area (Å²) in [6.07, 6.45) is 5.73. The van der Waals surface area contributed by atoms with E-state index in [4.69, 9.17) is 0 Å². The van der Waals surface area contributed by atoms with E-state index in [1.54, 1.807) is 0 Å². The quantitative estimate of drug-likeness (QED) is 0.778. The molecule has 0 amide bonds. The lowest BCUT2D eigenvalue weighted by Crippen LogP contribution is -2.44. The fourth-order valence-electron chi connectivity index (χ4n) is 2.74. The summed E-state index contributed by atoms with van der Waals surface area (Å²) in [4.78, 5) is 0. The zero-order chi connectivity index (χ0) is 12.3. The minimum absolute atomic E-state index is 0.116. The molecule has 2 fully saturated rings. The van der Waals surface area contributed by atoms with Gasteiger partial charge in [-0.25, -0.2) is 13.1 Å². The first kappa shape index (κ1) is 13.3. The first-order valence-corrected chi connectivity index (χ1v) is 8.43. The lowest BCUT2D eigenvalue weighted by Gasteiger charge is -2.32. The maximum Gasteiger partial charge on any atom is 0.212 e. The van der Waals surface area contributed by atoms with Gasteiger partial charge in [-0.05, 0) is 57.5 Å². The summed E-state index contributed by atoms with van der Waals surface area (Å²) >= 11 is 0. The second-order valence-corrected chi connectivity index (χ2v) is 7.39. The first-order valence-electron chi connectivity index (χ1n) is 6.77. The number of sulfonamides is 1. The van der Waals surface area contributed by atoms with Gasteiger partial charge in [0, 0.05) is 6.04 Å². The van der Waals surface area contributed by atoms with Crippen LogP contribution >= 0.6 is 0 Å². The van der Waals surface area contributed by atoms with Gasteiger partial charge in [0.15, 0.2) is 0 Å². The topological polar surface area (TPSA) is 58.2 Å². The fourth-order valence-corrected chi connectivity index (χ4v) is 4.50. The Balaban J connectivity index is 1.80. The Morgan fingerprint density at radius 1 is 1.29 bits per heavy atom. The van der Waals surface area contributed by atoms with Crippen LogP contribution in [0.3, 0.4) is 0 Å². The Labute approximate surface area is 105 Å². The molecule has 0 aromatic heterocycles. The van der Waals surface area contributed by atoms with Gasteiger partial charge in [-0.15, -0.1) is 0 Å². The molecule has 2 rings (SSSR count). The van der Waals surface area contributed by atoms with E-state index in [0.29, 0.717) is 5.92 Å². The summed E-state index contributed by atoms with van der Waals surface area (Å²) < 4.78 is 26.9. The van der Waals surface area contributed by atoms with Crippen LogP contribution in [0.1, 0.15) is 39.0 Å². The van der Waals surface area contributed by atoms with Crippen molar-refractivity contribution in [2.75, 3.05) is 18.8 Å². The van der Waals surface area contributed by atoms with E-state index in [1.165, 1.54) is 19.3 Å². The average Bonchev–Trinajstić information content (AvgIpc) is 2.13. The smallest absolute Gasteiger partial charge is 0.212 e. The molecule has 1 aliphatic heterocycles. The second-order valence-electron chi connectivity index (χ2n) is 5.59. The summed E-state index contributed by atoms with van der Waals surface area (Å²) in [5, 5.41) is 3.26. The van der Waals surface area contributed by atoms with Gasteiger partial charge in [0.25, 0.3) is 0 Å². The van der Waals surface area contributed by atoms with Crippen LogP contribution in [0.15, 0.2) is 0 Å². The Morgan fingerprint density at radius 3 is 2.59 bits per heavy atom. The van der Waals surface area contributed by atoms with Crippen molar-refractivity contribution in [1.82, 2.24) is 10.0 Å². The van der Waals surface area contributed by atoms with E-state index >= 15 is 0 Å². The first-order chi connectivity index (χ1) is 8.07. The standard InChI is InChI=1S/C12H24N2O2S/c1-10(12-5-2-6-12)14-17(15,16)9-11-4-3-7-13-8-11/h10-14H,2-9H2,1H3. The summed E-state index contributed by atoms with van der Waals surface area (Å²) in [5.41, 5.74) is 0. The molecule has 1 aliphatic carbocycles. The molecule has 0 spiro atoms. The molecule has 1 saturated heterocycles. The van der Waals surface area contributed by atoms with E-state index in [1.807, 2.05) is 6.92 Å². The minimum atomic E-state index is -3.09. The number of nitrogens with one attached hydrogen (secondary N) is 2. The van der Waals surface area contributed by atoms with Crippen molar-refractivity contribution in [3.8, 4) is 0 Å². The van der Waals surface area contributed by atoms with Gasteiger partial charge < -0.3 is 5.32 Å². The average molecular weight is 260 g/mol. The highest BCUT2D eigenvalue weighted by Crippen LogP contribution is 2.29. The number of hydrogen-bond donors (Lipinski definition) is 2. The predicted octanol–water partition coefficient (Wildman–Crippen LogP) is 1.09. The van der Waals surface area contributed by atoms with Crippen LogP contribution in [0, 0.1) is 11.8 Å². The normalized spacial score (nSPS) is 28.6. The zero-order valence-electron chi connectivity index (χ0n) is 10.6. The summed E-state index contributed by atoms with van der Waals surface area (Å²) in [5.74, 6) is 1.14. The van der Waals surface area contributed by atoms with Crippen molar-refractivity contribution in [2.45, 2.75) is 45.1 Å². The SMILES string of the molecule is CC(NS(=O)(=O)CC1CCCNC1)C1CCC1. The molecule has 17 heavy (non-hydrogen) atoms. The van der Waals surface area contributed by atoms with Gasteiger partial charge >= 0.3 is 0 Å². The van der Waals surface area contributed by atoms with Crippen LogP contribution in [0.2, 0.25) is 0 Å². The molecule has 2 aliphatic rings. The van der Waals surface area contributed by atoms with Gasteiger partial charge in [-0.1, -0.05) is 6.42 Å². The summed E-state index contributed by atoms with van der Waals surface area (Å²) in [7, 11) is -3.09. The maximum atomic E-state index is 12.0. The number of piperidine rings is 1. The van der Waals surface area contributed by atoms with Crippen molar-refractivity contribution < 1.29 is 8.42 Å². The molecular formula is C12H24N2O2S. The molecule has 0 bridgehead atoms. The van der Waals surface area contributed by atoms with Gasteiger partial charge in [0.05, 0.1) is 5.75 Å². The number of hydrogen-bond acceptors (Lipinski definition) is 3. The molecule has 0 aromatic rings. The third-order valence-corrected chi connectivity index (χ3v) is 5.72. The molecular weight excluding hydrogens is 236 g/mol. The molecule has 1 heterocycles. The van der Waals surface area contributed by atoms with Crippen molar-refractivity contribution in [2.24, 2.45) is 11.8 Å². The van der Waals surface area contributed by atoms with Gasteiger partial charge in [-0.3, -0.25) is 0 Å². The Morgan fingerprint density at radius 2 is 2.06 bits per heavy atom. The summed E-state index contributed by atoms with van der Waals surface area (Å²) in [6.45, 7) is 3.88. The highest BCUT2D eigenvalue weighted by Gasteiger charge is 2.28. The maximum absolute atomic E-state index is 12.0. The van der Waals surface area contributed by atoms with Crippen LogP contribution < -0.4 is 10.0 Å². The second kappa shape index (κ2) is 5.67. The van der Waals surface area contributed by atoms with Gasteiger partial charge in [0.2, 0.25) is 10.0 Å². The monoisotopic (exact) mass is 260 g/mol. The molecule has 2 unspecified atom stereocenters. The lowest BCUT2D eigenvalue weighted by atomic mass is 9.81. The van der Waals surface area contributed by atoms with Crippen molar-refractivity contribution in [3.05, 3.63) is 0 Å². The van der Waals surface area contributed by atoms with Crippen LogP contribution in [-0.4, -0.2) is 33.3 Å². The van der Waals surface area contributed by atoms with Crippen LogP contribution in [-0.2, 0) is 10.0 Å². The molecule has 1 saturated carbocycles. The van der Waals surface area contributed by atoms with Crippen LogP contribution in [0.4, 0.5) is 0 Å². The molecule has 0 aromatic carbocycles. The molecule has 2 N–H and O–H groups in total. The van der Waals surface area contributed by atoms with E-state index in [0.717, 1.165) is 25.9 Å². The molecule has 2 atom stereocenters. The third-order valence-electron chi connectivity index (χ3n) is 4.08. The fraction of sp³-hybridized carbons (Fsp3) is 1.00. The van der Waals surface area contributed by atoms with Crippen molar-refractivity contribution >= 4 is 10.0 Å². The van der Waals surface area contributed by atoms with Crippen LogP contribution in [0.5, 0.6) is 0 Å². The van der Waals surface area contributed by atoms with E-state index in [9.17, 15) is 8.42 Å². The van der Waals surface area contributed by atoms with E-state index in [2.05, 4.69) is 10.0 Å². The van der Waals surface area contributed by atoms with Crippen LogP contribution in [0.25, 0.3) is 0 Å². The molecule has 5 heteroatoms. The predicted molar refractivity (Wildman–Crippen MR) is 69.3 cm³/mol. The largest absolute Gasteiger partial charge is 0.316 e. The Hall–Kier alpha value is -0.130. The van der Waals surface area contributed by atoms with Gasteiger partial charge in [-0.2, -0.15) is 0 Å². The lowest BCUT2D eigenvalue weighted by molar-refractivity contribution is 0.260. The zero-order valence-corrected chi connectivity index (χ0v) is 11.4. The minimum Gasteiger partial charge on any atom is -0.316 e. The van der Waals surface area contributed by atoms with Crippen molar-refractivity contribution in [3.63, 3.8) is 0 Å². The van der Waals surface area contributed by atoms with Gasteiger partial charge in [0.1, 0.15) is 0 Å². The Kier molecular flexibility index (Phi) is 4.44. The van der Waals surface area contributed by atoms with E-state index < -0.39 is 10.0 Å².